The molecule has 4 rings (SSSR count). The van der Waals surface area contributed by atoms with Gasteiger partial charge in [-0.3, -0.25) is 9.59 Å². The first kappa shape index (κ1) is 18.0. The van der Waals surface area contributed by atoms with Crippen molar-refractivity contribution in [2.24, 2.45) is 0 Å². The molecule has 2 aromatic carbocycles. The molecule has 2 aromatic rings. The van der Waals surface area contributed by atoms with Gasteiger partial charge in [0.25, 0.3) is 10.9 Å². The van der Waals surface area contributed by atoms with Crippen molar-refractivity contribution in [2.75, 3.05) is 47.9 Å². The highest BCUT2D eigenvalue weighted by molar-refractivity contribution is 5.76. The zero-order valence-corrected chi connectivity index (χ0v) is 16.0. The minimum Gasteiger partial charge on any atom is -0.377 e. The lowest BCUT2D eigenvalue weighted by molar-refractivity contribution is -0.0553. The van der Waals surface area contributed by atoms with Crippen LogP contribution in [0.3, 0.4) is 0 Å². The fourth-order valence-electron chi connectivity index (χ4n) is 4.20. The predicted molar refractivity (Wildman–Crippen MR) is 109 cm³/mol. The van der Waals surface area contributed by atoms with Crippen molar-refractivity contribution in [3.05, 3.63) is 50.8 Å². The molecule has 0 aromatic heterocycles. The fraction of sp³-hybridized carbons (Fsp3) is 0.524. The Balaban J connectivity index is 1.44. The molecule has 0 saturated carbocycles. The van der Waals surface area contributed by atoms with Gasteiger partial charge in [0.15, 0.2) is 0 Å². The van der Waals surface area contributed by atoms with Gasteiger partial charge in [-0.25, -0.2) is 0 Å². The molecule has 2 heterocycles. The monoisotopic (exact) mass is 369 g/mol. The van der Waals surface area contributed by atoms with Gasteiger partial charge in [0, 0.05) is 44.5 Å². The average Bonchev–Trinajstić information content (AvgIpc) is 2.68. The highest BCUT2D eigenvalue weighted by Crippen LogP contribution is 2.29. The van der Waals surface area contributed by atoms with Crippen molar-refractivity contribution in [3.63, 3.8) is 0 Å². The van der Waals surface area contributed by atoms with Gasteiger partial charge in [-0.05, 0) is 38.8 Å². The van der Waals surface area contributed by atoms with E-state index in [4.69, 9.17) is 4.74 Å². The molecule has 0 radical (unpaired) electrons. The molecule has 1 unspecified atom stereocenters. The van der Waals surface area contributed by atoms with Crippen LogP contribution < -0.4 is 26.0 Å². The van der Waals surface area contributed by atoms with Crippen LogP contribution in [0.1, 0.15) is 26.7 Å². The van der Waals surface area contributed by atoms with Crippen molar-refractivity contribution >= 4 is 17.1 Å². The van der Waals surface area contributed by atoms with Gasteiger partial charge in [0.1, 0.15) is 11.4 Å². The van der Waals surface area contributed by atoms with Crippen LogP contribution in [0.15, 0.2) is 39.9 Å². The highest BCUT2D eigenvalue weighted by Gasteiger charge is 2.33. The van der Waals surface area contributed by atoms with Gasteiger partial charge in [-0.1, -0.05) is 18.2 Å². The molecule has 1 atom stereocenters. The molecule has 0 aliphatic carbocycles. The number of hydrogen-bond donors (Lipinski definition) is 1. The molecule has 27 heavy (non-hydrogen) atoms. The summed E-state index contributed by atoms with van der Waals surface area (Å²) in [6, 6.07) is 10.5. The molecule has 1 N–H and O–H groups in total. The largest absolute Gasteiger partial charge is 0.377 e. The molecule has 2 aliphatic heterocycles. The Morgan fingerprint density at radius 2 is 1.67 bits per heavy atom. The number of rotatable bonds is 4. The first-order valence-electron chi connectivity index (χ1n) is 9.73. The Morgan fingerprint density at radius 3 is 2.33 bits per heavy atom. The minimum atomic E-state index is -0.375. The maximum absolute atomic E-state index is 12.3. The van der Waals surface area contributed by atoms with E-state index >= 15 is 0 Å². The van der Waals surface area contributed by atoms with Crippen LogP contribution in [0.5, 0.6) is 0 Å². The normalized spacial score (nSPS) is 22.8. The summed E-state index contributed by atoms with van der Waals surface area (Å²) >= 11 is 0. The molecule has 6 nitrogen and oxygen atoms in total. The molecule has 6 heteroatoms. The molecule has 2 saturated heterocycles. The maximum Gasteiger partial charge on any atom is 0.253 e. The fourth-order valence-corrected chi connectivity index (χ4v) is 4.20. The average molecular weight is 369 g/mol. The zero-order chi connectivity index (χ0) is 19.0. The number of ether oxygens (including phenoxy) is 1. The number of para-hydroxylation sites is 1. The quantitative estimate of drug-likeness (QED) is 0.832. The molecule has 144 valence electrons. The van der Waals surface area contributed by atoms with Crippen molar-refractivity contribution in [1.82, 2.24) is 0 Å². The molecular weight excluding hydrogens is 342 g/mol. The first-order valence-corrected chi connectivity index (χ1v) is 9.73. The summed E-state index contributed by atoms with van der Waals surface area (Å²) in [7, 11) is 0. The van der Waals surface area contributed by atoms with Crippen LogP contribution in [0.2, 0.25) is 0 Å². The summed E-state index contributed by atoms with van der Waals surface area (Å²) in [5.41, 5.74) is 1.36. The lowest BCUT2D eigenvalue weighted by atomic mass is 9.93. The molecule has 0 amide bonds. The van der Waals surface area contributed by atoms with E-state index in [0.29, 0.717) is 18.0 Å². The third-order valence-corrected chi connectivity index (χ3v) is 5.65. The summed E-state index contributed by atoms with van der Waals surface area (Å²) in [5.74, 6) is 0. The number of nitrogens with one attached hydrogen (secondary N) is 1. The minimum absolute atomic E-state index is 0.168. The van der Waals surface area contributed by atoms with E-state index < -0.39 is 0 Å². The lowest BCUT2D eigenvalue weighted by Crippen LogP contribution is -2.52. The number of benzene rings is 1. The second-order valence-corrected chi connectivity index (χ2v) is 8.13. The predicted octanol–water partition coefficient (Wildman–Crippen LogP) is 1.98. The van der Waals surface area contributed by atoms with E-state index in [2.05, 4.69) is 41.1 Å². The Hall–Kier alpha value is -2.34. The van der Waals surface area contributed by atoms with Gasteiger partial charge >= 0.3 is 0 Å². The van der Waals surface area contributed by atoms with Gasteiger partial charge in [0.05, 0.1) is 5.60 Å². The van der Waals surface area contributed by atoms with Crippen LogP contribution in [0, 0.1) is 0 Å². The summed E-state index contributed by atoms with van der Waals surface area (Å²) < 4.78 is 5.75. The maximum atomic E-state index is 12.3. The van der Waals surface area contributed by atoms with E-state index in [1.54, 1.807) is 0 Å². The molecule has 0 spiro atoms. The molecular formula is C21H27N3O3. The number of nitrogens with zero attached hydrogens (tertiary/aromatic N) is 2. The Bertz CT molecular complexity index is 863. The molecule has 2 fully saturated rings. The lowest BCUT2D eigenvalue weighted by Gasteiger charge is -2.40. The van der Waals surface area contributed by atoms with E-state index in [9.17, 15) is 9.59 Å². The van der Waals surface area contributed by atoms with E-state index in [1.807, 2.05) is 18.2 Å². The van der Waals surface area contributed by atoms with Crippen LogP contribution in [0.4, 0.5) is 17.1 Å². The zero-order valence-electron chi connectivity index (χ0n) is 16.0. The topological polar surface area (TPSA) is 61.9 Å². The van der Waals surface area contributed by atoms with Crippen molar-refractivity contribution in [2.45, 2.75) is 38.3 Å². The third-order valence-electron chi connectivity index (χ3n) is 5.65. The van der Waals surface area contributed by atoms with Crippen LogP contribution in [-0.4, -0.2) is 44.4 Å². The van der Waals surface area contributed by atoms with E-state index in [-0.39, 0.29) is 22.5 Å². The Kier molecular flexibility index (Phi) is 4.68. The summed E-state index contributed by atoms with van der Waals surface area (Å²) in [5, 5.41) is 3.36. The number of anilines is 3. The second kappa shape index (κ2) is 7.00. The van der Waals surface area contributed by atoms with Crippen molar-refractivity contribution in [1.29, 1.82) is 0 Å². The van der Waals surface area contributed by atoms with Crippen molar-refractivity contribution in [3.8, 4) is 0 Å². The SMILES string of the molecule is CC1(C)CC(Nc2c(N3CCN(c4ccccc4)CC3)c(=O)c2=O)CCO1. The Labute approximate surface area is 159 Å². The summed E-state index contributed by atoms with van der Waals surface area (Å²) in [4.78, 5) is 28.8. The van der Waals surface area contributed by atoms with Crippen LogP contribution >= 0.6 is 0 Å². The smallest absolute Gasteiger partial charge is 0.253 e. The second-order valence-electron chi connectivity index (χ2n) is 8.13. The van der Waals surface area contributed by atoms with Gasteiger partial charge in [-0.15, -0.1) is 0 Å². The molecule has 0 bridgehead atoms. The highest BCUT2D eigenvalue weighted by atomic mass is 16.5. The standard InChI is InChI=1S/C21H27N3O3/c1-21(2)14-15(8-13-27-21)22-17-18(20(26)19(17)25)24-11-9-23(10-12-24)16-6-4-3-5-7-16/h3-7,15,22H,8-14H2,1-2H3. The van der Waals surface area contributed by atoms with Crippen LogP contribution in [0.25, 0.3) is 0 Å². The van der Waals surface area contributed by atoms with Gasteiger partial charge in [0.2, 0.25) is 0 Å². The molecule has 2 aliphatic rings. The first-order chi connectivity index (χ1) is 12.9. The van der Waals surface area contributed by atoms with Gasteiger partial charge < -0.3 is 19.9 Å². The van der Waals surface area contributed by atoms with E-state index in [1.165, 1.54) is 5.69 Å². The van der Waals surface area contributed by atoms with Crippen molar-refractivity contribution < 1.29 is 4.74 Å². The van der Waals surface area contributed by atoms with E-state index in [0.717, 1.165) is 39.0 Å². The number of hydrogen-bond acceptors (Lipinski definition) is 6. The Morgan fingerprint density at radius 1 is 1.00 bits per heavy atom. The number of piperazine rings is 1. The third kappa shape index (κ3) is 3.58. The van der Waals surface area contributed by atoms with Crippen LogP contribution in [-0.2, 0) is 4.74 Å². The summed E-state index contributed by atoms with van der Waals surface area (Å²) in [6.07, 6.45) is 1.68. The summed E-state index contributed by atoms with van der Waals surface area (Å²) in [6.45, 7) is 7.96. The van der Waals surface area contributed by atoms with Gasteiger partial charge in [-0.2, -0.15) is 0 Å².